The summed E-state index contributed by atoms with van der Waals surface area (Å²) in [4.78, 5) is 14.1. The van der Waals surface area contributed by atoms with E-state index < -0.39 is 41.6 Å². The van der Waals surface area contributed by atoms with Gasteiger partial charge in [-0.15, -0.1) is 0 Å². The number of nitrogens with zero attached hydrogens (tertiary/aromatic N) is 1. The lowest BCUT2D eigenvalue weighted by molar-refractivity contribution is -0.376. The summed E-state index contributed by atoms with van der Waals surface area (Å²) in [5, 5.41) is 9.69. The summed E-state index contributed by atoms with van der Waals surface area (Å²) in [5.74, 6) is -0.628. The van der Waals surface area contributed by atoms with E-state index in [1.807, 2.05) is 0 Å². The molecule has 0 aliphatic carbocycles. The molecule has 0 bridgehead atoms. The second kappa shape index (κ2) is 7.74. The minimum absolute atomic E-state index is 0.0787. The van der Waals surface area contributed by atoms with Crippen molar-refractivity contribution in [1.29, 1.82) is 0 Å². The number of esters is 1. The molecule has 2 aromatic carbocycles. The van der Waals surface area contributed by atoms with Crippen LogP contribution in [0.3, 0.4) is 0 Å². The number of ether oxygens (including phenoxy) is 1. The van der Waals surface area contributed by atoms with Crippen LogP contribution in [0.5, 0.6) is 0 Å². The SMILES string of the molecule is COC(=O)C(c1ccccc1)N1c2ccc(C(O)(C(F)(F)F)C(F)(F)F)cc2CC1C. The van der Waals surface area contributed by atoms with Gasteiger partial charge in [0.2, 0.25) is 0 Å². The van der Waals surface area contributed by atoms with Gasteiger partial charge in [0.05, 0.1) is 7.11 Å². The van der Waals surface area contributed by atoms with Gasteiger partial charge >= 0.3 is 18.3 Å². The van der Waals surface area contributed by atoms with Crippen LogP contribution in [0.2, 0.25) is 0 Å². The minimum atomic E-state index is -5.97. The Kier molecular flexibility index (Phi) is 5.72. The van der Waals surface area contributed by atoms with Crippen molar-refractivity contribution in [3.63, 3.8) is 0 Å². The molecular weight excluding hydrogens is 428 g/mol. The highest BCUT2D eigenvalue weighted by molar-refractivity contribution is 5.83. The molecule has 0 amide bonds. The van der Waals surface area contributed by atoms with Crippen molar-refractivity contribution in [2.75, 3.05) is 12.0 Å². The lowest BCUT2D eigenvalue weighted by atomic mass is 9.90. The average Bonchev–Trinajstić information content (AvgIpc) is 3.01. The molecule has 0 radical (unpaired) electrons. The fourth-order valence-electron chi connectivity index (χ4n) is 3.92. The Hall–Kier alpha value is -2.75. The van der Waals surface area contributed by atoms with Crippen molar-refractivity contribution in [2.45, 2.75) is 43.4 Å². The first kappa shape index (κ1) is 22.9. The van der Waals surface area contributed by atoms with Gasteiger partial charge in [-0.1, -0.05) is 42.5 Å². The van der Waals surface area contributed by atoms with Crippen LogP contribution in [-0.2, 0) is 21.6 Å². The molecule has 1 heterocycles. The van der Waals surface area contributed by atoms with E-state index in [0.717, 1.165) is 6.07 Å². The monoisotopic (exact) mass is 447 g/mol. The second-order valence-corrected chi connectivity index (χ2v) is 7.35. The highest BCUT2D eigenvalue weighted by Gasteiger charge is 2.71. The van der Waals surface area contributed by atoms with Crippen molar-refractivity contribution >= 4 is 11.7 Å². The average molecular weight is 447 g/mol. The normalized spacial score (nSPS) is 18.0. The molecule has 0 aromatic heterocycles. The molecule has 2 atom stereocenters. The molecule has 10 heteroatoms. The van der Waals surface area contributed by atoms with E-state index in [4.69, 9.17) is 4.74 Å². The van der Waals surface area contributed by atoms with Crippen LogP contribution >= 0.6 is 0 Å². The molecule has 0 saturated carbocycles. The van der Waals surface area contributed by atoms with Gasteiger partial charge in [-0.3, -0.25) is 0 Å². The summed E-state index contributed by atoms with van der Waals surface area (Å²) < 4.78 is 84.4. The van der Waals surface area contributed by atoms with Crippen molar-refractivity contribution in [3.8, 4) is 0 Å². The topological polar surface area (TPSA) is 49.8 Å². The predicted octanol–water partition coefficient (Wildman–Crippen LogP) is 4.66. The molecule has 168 valence electrons. The first-order valence-corrected chi connectivity index (χ1v) is 9.23. The third kappa shape index (κ3) is 3.73. The van der Waals surface area contributed by atoms with Gasteiger partial charge < -0.3 is 14.7 Å². The van der Waals surface area contributed by atoms with E-state index >= 15 is 0 Å². The quantitative estimate of drug-likeness (QED) is 0.547. The molecule has 1 aliphatic rings. The minimum Gasteiger partial charge on any atom is -0.467 e. The van der Waals surface area contributed by atoms with Crippen LogP contribution in [0, 0.1) is 0 Å². The zero-order chi connectivity index (χ0) is 23.2. The molecule has 1 aliphatic heterocycles. The fourth-order valence-corrected chi connectivity index (χ4v) is 3.92. The van der Waals surface area contributed by atoms with Gasteiger partial charge in [-0.25, -0.2) is 4.79 Å². The van der Waals surface area contributed by atoms with Crippen LogP contribution in [0.15, 0.2) is 48.5 Å². The number of benzene rings is 2. The Morgan fingerprint density at radius 2 is 1.65 bits per heavy atom. The molecule has 0 fully saturated rings. The van der Waals surface area contributed by atoms with Crippen LogP contribution in [0.4, 0.5) is 32.0 Å². The van der Waals surface area contributed by atoms with E-state index in [0.29, 0.717) is 23.4 Å². The van der Waals surface area contributed by atoms with E-state index in [1.54, 1.807) is 42.2 Å². The Morgan fingerprint density at radius 3 is 2.16 bits per heavy atom. The Labute approximate surface area is 174 Å². The summed E-state index contributed by atoms with van der Waals surface area (Å²) in [6, 6.07) is 9.45. The van der Waals surface area contributed by atoms with Crippen LogP contribution < -0.4 is 4.90 Å². The number of fused-ring (bicyclic) bond motifs is 1. The number of hydrogen-bond acceptors (Lipinski definition) is 4. The van der Waals surface area contributed by atoms with Crippen molar-refractivity contribution in [2.24, 2.45) is 0 Å². The summed E-state index contributed by atoms with van der Waals surface area (Å²) in [6.45, 7) is 1.69. The number of carbonyl (C=O) groups excluding carboxylic acids is 1. The lowest BCUT2D eigenvalue weighted by Gasteiger charge is -2.34. The molecule has 2 aromatic rings. The number of halogens is 6. The third-order valence-corrected chi connectivity index (χ3v) is 5.40. The molecular formula is C21H19F6NO3. The van der Waals surface area contributed by atoms with Crippen molar-refractivity contribution in [1.82, 2.24) is 0 Å². The maximum atomic E-state index is 13.3. The van der Waals surface area contributed by atoms with Gasteiger partial charge in [0, 0.05) is 17.3 Å². The molecule has 1 N–H and O–H groups in total. The number of methoxy groups -OCH3 is 1. The first-order valence-electron chi connectivity index (χ1n) is 9.23. The molecule has 0 saturated heterocycles. The highest BCUT2D eigenvalue weighted by Crippen LogP contribution is 2.51. The molecule has 0 spiro atoms. The maximum Gasteiger partial charge on any atom is 0.430 e. The lowest BCUT2D eigenvalue weighted by Crippen LogP contribution is -2.53. The molecule has 2 unspecified atom stereocenters. The molecule has 4 nitrogen and oxygen atoms in total. The zero-order valence-corrected chi connectivity index (χ0v) is 16.5. The Balaban J connectivity index is 2.12. The van der Waals surface area contributed by atoms with Crippen LogP contribution in [0.25, 0.3) is 0 Å². The van der Waals surface area contributed by atoms with E-state index in [-0.39, 0.29) is 12.0 Å². The van der Waals surface area contributed by atoms with Crippen LogP contribution in [-0.4, -0.2) is 36.6 Å². The number of rotatable bonds is 4. The van der Waals surface area contributed by atoms with Gasteiger partial charge in [-0.2, -0.15) is 26.3 Å². The number of alkyl halides is 6. The summed E-state index contributed by atoms with van der Waals surface area (Å²) >= 11 is 0. The zero-order valence-electron chi connectivity index (χ0n) is 16.5. The molecule has 3 rings (SSSR count). The van der Waals surface area contributed by atoms with Gasteiger partial charge in [0.15, 0.2) is 6.04 Å². The largest absolute Gasteiger partial charge is 0.467 e. The number of aliphatic hydroxyl groups is 1. The number of anilines is 1. The smallest absolute Gasteiger partial charge is 0.430 e. The third-order valence-electron chi connectivity index (χ3n) is 5.40. The number of hydrogen-bond donors (Lipinski definition) is 1. The number of carbonyl (C=O) groups is 1. The Morgan fingerprint density at radius 1 is 1.06 bits per heavy atom. The van der Waals surface area contributed by atoms with Gasteiger partial charge in [-0.05, 0) is 30.5 Å². The van der Waals surface area contributed by atoms with E-state index in [1.165, 1.54) is 7.11 Å². The highest BCUT2D eigenvalue weighted by atomic mass is 19.4. The fraction of sp³-hybridized carbons (Fsp3) is 0.381. The summed E-state index contributed by atoms with van der Waals surface area (Å²) in [5.41, 5.74) is -5.33. The maximum absolute atomic E-state index is 13.3. The molecule has 31 heavy (non-hydrogen) atoms. The van der Waals surface area contributed by atoms with Crippen molar-refractivity contribution in [3.05, 3.63) is 65.2 Å². The van der Waals surface area contributed by atoms with Gasteiger partial charge in [0.1, 0.15) is 0 Å². The van der Waals surface area contributed by atoms with Crippen LogP contribution in [0.1, 0.15) is 29.7 Å². The Bertz CT molecular complexity index is 944. The summed E-state index contributed by atoms with van der Waals surface area (Å²) in [7, 11) is 1.19. The first-order chi connectivity index (χ1) is 14.3. The van der Waals surface area contributed by atoms with E-state index in [9.17, 15) is 36.2 Å². The van der Waals surface area contributed by atoms with Crippen molar-refractivity contribution < 1.29 is 41.0 Å². The summed E-state index contributed by atoms with van der Waals surface area (Å²) in [6.07, 6.45) is -11.9. The predicted molar refractivity (Wildman–Crippen MR) is 99.3 cm³/mol. The second-order valence-electron chi connectivity index (χ2n) is 7.35. The van der Waals surface area contributed by atoms with Gasteiger partial charge in [0.25, 0.3) is 5.60 Å². The standard InChI is InChI=1S/C21H19F6NO3/c1-12-10-14-11-15(19(30,20(22,23)24)21(25,26)27)8-9-16(14)28(12)17(18(29)31-2)13-6-4-3-5-7-13/h3-9,11-12,17,30H,10H2,1-2H3. The van der Waals surface area contributed by atoms with E-state index in [2.05, 4.69) is 0 Å².